The highest BCUT2D eigenvalue weighted by Gasteiger charge is 2.09. The zero-order valence-electron chi connectivity index (χ0n) is 10.8. The van der Waals surface area contributed by atoms with Gasteiger partial charge in [-0.25, -0.2) is 0 Å². The number of aryl methyl sites for hydroxylation is 1. The molecule has 1 unspecified atom stereocenters. The molecule has 0 aliphatic heterocycles. The molecule has 18 heavy (non-hydrogen) atoms. The van der Waals surface area contributed by atoms with Crippen LogP contribution < -0.4 is 5.32 Å². The van der Waals surface area contributed by atoms with Crippen molar-refractivity contribution in [3.05, 3.63) is 47.8 Å². The molecule has 0 spiro atoms. The van der Waals surface area contributed by atoms with Gasteiger partial charge in [0.25, 0.3) is 0 Å². The fourth-order valence-corrected chi connectivity index (χ4v) is 1.99. The summed E-state index contributed by atoms with van der Waals surface area (Å²) in [5, 5.41) is 17.1. The van der Waals surface area contributed by atoms with Crippen LogP contribution in [0.2, 0.25) is 0 Å². The number of nitrogens with zero attached hydrogens (tertiary/aromatic N) is 2. The first-order valence-electron chi connectivity index (χ1n) is 6.20. The van der Waals surface area contributed by atoms with Crippen molar-refractivity contribution in [2.75, 3.05) is 0 Å². The highest BCUT2D eigenvalue weighted by atomic mass is 16.3. The second kappa shape index (κ2) is 5.69. The predicted octanol–water partition coefficient (Wildman–Crippen LogP) is 2.37. The van der Waals surface area contributed by atoms with Gasteiger partial charge in [-0.05, 0) is 30.2 Å². The van der Waals surface area contributed by atoms with Crippen LogP contribution in [0.15, 0.2) is 36.5 Å². The SMILES string of the molecule is CCC(NCc1ccn(C)n1)c1ccc(O)cc1. The number of aromatic hydroxyl groups is 1. The molecule has 0 amide bonds. The summed E-state index contributed by atoms with van der Waals surface area (Å²) in [7, 11) is 1.92. The van der Waals surface area contributed by atoms with Gasteiger partial charge in [0.1, 0.15) is 5.75 Å². The van der Waals surface area contributed by atoms with E-state index in [9.17, 15) is 5.11 Å². The Morgan fingerprint density at radius 2 is 2.00 bits per heavy atom. The Hall–Kier alpha value is -1.81. The first-order valence-corrected chi connectivity index (χ1v) is 6.20. The third-order valence-electron chi connectivity index (χ3n) is 3.00. The average Bonchev–Trinajstić information content (AvgIpc) is 2.78. The van der Waals surface area contributed by atoms with Gasteiger partial charge in [0.05, 0.1) is 5.69 Å². The van der Waals surface area contributed by atoms with Crippen molar-refractivity contribution in [3.8, 4) is 5.75 Å². The smallest absolute Gasteiger partial charge is 0.115 e. The van der Waals surface area contributed by atoms with Crippen molar-refractivity contribution in [3.63, 3.8) is 0 Å². The molecule has 2 rings (SSSR count). The number of hydrogen-bond acceptors (Lipinski definition) is 3. The summed E-state index contributed by atoms with van der Waals surface area (Å²) in [4.78, 5) is 0. The summed E-state index contributed by atoms with van der Waals surface area (Å²) in [6.45, 7) is 2.89. The number of nitrogens with one attached hydrogen (secondary N) is 1. The standard InChI is InChI=1S/C14H19N3O/c1-3-14(11-4-6-13(18)7-5-11)15-10-12-8-9-17(2)16-12/h4-9,14-15,18H,3,10H2,1-2H3. The van der Waals surface area contributed by atoms with E-state index in [1.807, 2.05) is 31.4 Å². The summed E-state index contributed by atoms with van der Waals surface area (Å²) < 4.78 is 1.80. The summed E-state index contributed by atoms with van der Waals surface area (Å²) in [6.07, 6.45) is 2.94. The molecule has 96 valence electrons. The zero-order valence-corrected chi connectivity index (χ0v) is 10.8. The molecule has 1 atom stereocenters. The number of phenols is 1. The second-order valence-electron chi connectivity index (χ2n) is 4.41. The molecule has 1 aromatic carbocycles. The third kappa shape index (κ3) is 3.11. The van der Waals surface area contributed by atoms with Crippen molar-refractivity contribution < 1.29 is 5.11 Å². The van der Waals surface area contributed by atoms with E-state index < -0.39 is 0 Å². The van der Waals surface area contributed by atoms with Crippen molar-refractivity contribution in [1.82, 2.24) is 15.1 Å². The molecule has 0 fully saturated rings. The Morgan fingerprint density at radius 1 is 1.28 bits per heavy atom. The lowest BCUT2D eigenvalue weighted by Gasteiger charge is -2.16. The molecule has 1 aromatic heterocycles. The molecular formula is C14H19N3O. The predicted molar refractivity (Wildman–Crippen MR) is 71.2 cm³/mol. The number of benzene rings is 1. The Balaban J connectivity index is 1.99. The van der Waals surface area contributed by atoms with Gasteiger partial charge in [-0.15, -0.1) is 0 Å². The van der Waals surface area contributed by atoms with Crippen LogP contribution in [0.5, 0.6) is 5.75 Å². The highest BCUT2D eigenvalue weighted by molar-refractivity contribution is 5.28. The van der Waals surface area contributed by atoms with E-state index in [1.165, 1.54) is 5.56 Å². The van der Waals surface area contributed by atoms with Gasteiger partial charge in [0.15, 0.2) is 0 Å². The van der Waals surface area contributed by atoms with Crippen LogP contribution >= 0.6 is 0 Å². The molecule has 2 aromatic rings. The highest BCUT2D eigenvalue weighted by Crippen LogP contribution is 2.19. The van der Waals surface area contributed by atoms with Gasteiger partial charge in [-0.1, -0.05) is 19.1 Å². The van der Waals surface area contributed by atoms with E-state index in [0.29, 0.717) is 5.75 Å². The van der Waals surface area contributed by atoms with E-state index >= 15 is 0 Å². The number of aromatic nitrogens is 2. The van der Waals surface area contributed by atoms with E-state index in [1.54, 1.807) is 16.8 Å². The maximum atomic E-state index is 9.29. The van der Waals surface area contributed by atoms with Crippen molar-refractivity contribution in [2.45, 2.75) is 25.9 Å². The maximum Gasteiger partial charge on any atom is 0.115 e. The molecule has 4 nitrogen and oxygen atoms in total. The summed E-state index contributed by atoms with van der Waals surface area (Å²) in [5.41, 5.74) is 2.22. The molecule has 0 saturated heterocycles. The van der Waals surface area contributed by atoms with Crippen molar-refractivity contribution >= 4 is 0 Å². The third-order valence-corrected chi connectivity index (χ3v) is 3.00. The minimum absolute atomic E-state index is 0.285. The second-order valence-corrected chi connectivity index (χ2v) is 4.41. The summed E-state index contributed by atoms with van der Waals surface area (Å²) in [5.74, 6) is 0.304. The largest absolute Gasteiger partial charge is 0.508 e. The maximum absolute atomic E-state index is 9.29. The number of rotatable bonds is 5. The average molecular weight is 245 g/mol. The van der Waals surface area contributed by atoms with Crippen LogP contribution in [-0.2, 0) is 13.6 Å². The quantitative estimate of drug-likeness (QED) is 0.850. The zero-order chi connectivity index (χ0) is 13.0. The first kappa shape index (κ1) is 12.6. The van der Waals surface area contributed by atoms with Crippen LogP contribution in [0, 0.1) is 0 Å². The van der Waals surface area contributed by atoms with Crippen LogP contribution in [0.4, 0.5) is 0 Å². The molecule has 0 radical (unpaired) electrons. The summed E-state index contributed by atoms with van der Waals surface area (Å²) in [6, 6.07) is 9.65. The normalized spacial score (nSPS) is 12.6. The van der Waals surface area contributed by atoms with Gasteiger partial charge >= 0.3 is 0 Å². The lowest BCUT2D eigenvalue weighted by molar-refractivity contribution is 0.472. The molecule has 0 bridgehead atoms. The van der Waals surface area contributed by atoms with Gasteiger partial charge < -0.3 is 10.4 Å². The minimum Gasteiger partial charge on any atom is -0.508 e. The fraction of sp³-hybridized carbons (Fsp3) is 0.357. The molecule has 4 heteroatoms. The van der Waals surface area contributed by atoms with Crippen LogP contribution in [0.3, 0.4) is 0 Å². The lowest BCUT2D eigenvalue weighted by Crippen LogP contribution is -2.20. The molecule has 1 heterocycles. The Labute approximate surface area is 107 Å². The fourth-order valence-electron chi connectivity index (χ4n) is 1.99. The van der Waals surface area contributed by atoms with Crippen molar-refractivity contribution in [2.24, 2.45) is 7.05 Å². The van der Waals surface area contributed by atoms with Crippen LogP contribution in [0.25, 0.3) is 0 Å². The Kier molecular flexibility index (Phi) is 3.99. The van der Waals surface area contributed by atoms with Gasteiger partial charge in [-0.3, -0.25) is 4.68 Å². The Bertz CT molecular complexity index is 490. The molecular weight excluding hydrogens is 226 g/mol. The first-order chi connectivity index (χ1) is 8.69. The van der Waals surface area contributed by atoms with E-state index in [0.717, 1.165) is 18.7 Å². The monoisotopic (exact) mass is 245 g/mol. The van der Waals surface area contributed by atoms with E-state index in [-0.39, 0.29) is 6.04 Å². The van der Waals surface area contributed by atoms with Crippen molar-refractivity contribution in [1.29, 1.82) is 0 Å². The lowest BCUT2D eigenvalue weighted by atomic mass is 10.0. The Morgan fingerprint density at radius 3 is 2.56 bits per heavy atom. The molecule has 2 N–H and O–H groups in total. The number of hydrogen-bond donors (Lipinski definition) is 2. The van der Waals surface area contributed by atoms with Gasteiger partial charge in [-0.2, -0.15) is 5.10 Å². The molecule has 0 aliphatic carbocycles. The topological polar surface area (TPSA) is 50.1 Å². The summed E-state index contributed by atoms with van der Waals surface area (Å²) >= 11 is 0. The van der Waals surface area contributed by atoms with E-state index in [2.05, 4.69) is 17.3 Å². The van der Waals surface area contributed by atoms with Crippen LogP contribution in [-0.4, -0.2) is 14.9 Å². The van der Waals surface area contributed by atoms with E-state index in [4.69, 9.17) is 0 Å². The molecule has 0 aliphatic rings. The number of phenolic OH excluding ortho intramolecular Hbond substituents is 1. The molecule has 0 saturated carbocycles. The van der Waals surface area contributed by atoms with Gasteiger partial charge in [0.2, 0.25) is 0 Å². The van der Waals surface area contributed by atoms with Crippen LogP contribution in [0.1, 0.15) is 30.6 Å². The minimum atomic E-state index is 0.285. The van der Waals surface area contributed by atoms with Gasteiger partial charge in [0, 0.05) is 25.8 Å².